The highest BCUT2D eigenvalue weighted by atomic mass is 15.2. The SMILES string of the molecule is CCNc1ccc([C@H]2CCCCN2CC(C)C)cn1. The second kappa shape index (κ2) is 6.90. The molecule has 1 fully saturated rings. The molecule has 0 aliphatic carbocycles. The number of hydrogen-bond acceptors (Lipinski definition) is 3. The molecule has 1 aromatic heterocycles. The third kappa shape index (κ3) is 3.93. The average molecular weight is 261 g/mol. The molecular formula is C16H27N3. The molecule has 0 amide bonds. The number of piperidine rings is 1. The summed E-state index contributed by atoms with van der Waals surface area (Å²) in [6.07, 6.45) is 6.01. The van der Waals surface area contributed by atoms with Crippen LogP contribution < -0.4 is 5.32 Å². The summed E-state index contributed by atoms with van der Waals surface area (Å²) in [7, 11) is 0. The van der Waals surface area contributed by atoms with E-state index in [9.17, 15) is 0 Å². The minimum absolute atomic E-state index is 0.569. The number of nitrogens with one attached hydrogen (secondary N) is 1. The van der Waals surface area contributed by atoms with Crippen molar-refractivity contribution in [3.05, 3.63) is 23.9 Å². The Hall–Kier alpha value is -1.09. The third-order valence-electron chi connectivity index (χ3n) is 3.74. The molecule has 1 aromatic rings. The smallest absolute Gasteiger partial charge is 0.125 e. The van der Waals surface area contributed by atoms with Crippen molar-refractivity contribution in [1.29, 1.82) is 0 Å². The maximum absolute atomic E-state index is 4.52. The van der Waals surface area contributed by atoms with Gasteiger partial charge in [-0.3, -0.25) is 4.90 Å². The molecule has 0 saturated carbocycles. The minimum atomic E-state index is 0.569. The molecule has 19 heavy (non-hydrogen) atoms. The molecule has 1 saturated heterocycles. The number of aromatic nitrogens is 1. The third-order valence-corrected chi connectivity index (χ3v) is 3.74. The first kappa shape index (κ1) is 14.3. The molecule has 2 heterocycles. The first-order valence-electron chi connectivity index (χ1n) is 7.64. The molecule has 0 aromatic carbocycles. The van der Waals surface area contributed by atoms with E-state index in [1.807, 2.05) is 0 Å². The molecule has 0 bridgehead atoms. The van der Waals surface area contributed by atoms with E-state index in [4.69, 9.17) is 0 Å². The molecule has 0 spiro atoms. The fourth-order valence-corrected chi connectivity index (χ4v) is 2.94. The highest BCUT2D eigenvalue weighted by molar-refractivity contribution is 5.36. The summed E-state index contributed by atoms with van der Waals surface area (Å²) in [4.78, 5) is 7.16. The first-order chi connectivity index (χ1) is 9.20. The zero-order chi connectivity index (χ0) is 13.7. The van der Waals surface area contributed by atoms with Crippen LogP contribution in [0.15, 0.2) is 18.3 Å². The Morgan fingerprint density at radius 3 is 2.84 bits per heavy atom. The van der Waals surface area contributed by atoms with Crippen LogP contribution in [0, 0.1) is 5.92 Å². The average Bonchev–Trinajstić information content (AvgIpc) is 2.40. The van der Waals surface area contributed by atoms with Gasteiger partial charge in [-0.25, -0.2) is 4.98 Å². The van der Waals surface area contributed by atoms with Gasteiger partial charge in [-0.2, -0.15) is 0 Å². The molecule has 0 radical (unpaired) electrons. The van der Waals surface area contributed by atoms with Crippen molar-refractivity contribution in [2.24, 2.45) is 5.92 Å². The fraction of sp³-hybridized carbons (Fsp3) is 0.688. The van der Waals surface area contributed by atoms with Crippen LogP contribution in [0.3, 0.4) is 0 Å². The van der Waals surface area contributed by atoms with Crippen LogP contribution in [0.2, 0.25) is 0 Å². The van der Waals surface area contributed by atoms with Crippen molar-refractivity contribution in [1.82, 2.24) is 9.88 Å². The van der Waals surface area contributed by atoms with E-state index >= 15 is 0 Å². The van der Waals surface area contributed by atoms with Crippen LogP contribution in [-0.4, -0.2) is 29.5 Å². The van der Waals surface area contributed by atoms with E-state index in [0.717, 1.165) is 18.3 Å². The Kier molecular flexibility index (Phi) is 5.20. The van der Waals surface area contributed by atoms with Gasteiger partial charge >= 0.3 is 0 Å². The van der Waals surface area contributed by atoms with Crippen LogP contribution >= 0.6 is 0 Å². The minimum Gasteiger partial charge on any atom is -0.370 e. The lowest BCUT2D eigenvalue weighted by molar-refractivity contribution is 0.132. The Morgan fingerprint density at radius 2 is 2.21 bits per heavy atom. The van der Waals surface area contributed by atoms with Gasteiger partial charge in [-0.05, 0) is 43.9 Å². The van der Waals surface area contributed by atoms with E-state index in [-0.39, 0.29) is 0 Å². The van der Waals surface area contributed by atoms with E-state index in [1.54, 1.807) is 0 Å². The van der Waals surface area contributed by atoms with Crippen LogP contribution in [-0.2, 0) is 0 Å². The summed E-state index contributed by atoms with van der Waals surface area (Å²) in [5, 5.41) is 3.26. The molecule has 106 valence electrons. The van der Waals surface area contributed by atoms with Crippen LogP contribution in [0.5, 0.6) is 0 Å². The van der Waals surface area contributed by atoms with Gasteiger partial charge in [-0.15, -0.1) is 0 Å². The van der Waals surface area contributed by atoms with Gasteiger partial charge in [0.05, 0.1) is 0 Å². The van der Waals surface area contributed by atoms with Crippen molar-refractivity contribution in [3.63, 3.8) is 0 Å². The first-order valence-corrected chi connectivity index (χ1v) is 7.64. The summed E-state index contributed by atoms with van der Waals surface area (Å²) < 4.78 is 0. The molecule has 1 N–H and O–H groups in total. The topological polar surface area (TPSA) is 28.2 Å². The second-order valence-electron chi connectivity index (χ2n) is 5.91. The Morgan fingerprint density at radius 1 is 1.37 bits per heavy atom. The van der Waals surface area contributed by atoms with Crippen LogP contribution in [0.1, 0.15) is 51.6 Å². The van der Waals surface area contributed by atoms with Crippen molar-refractivity contribution in [3.8, 4) is 0 Å². The maximum atomic E-state index is 4.52. The van der Waals surface area contributed by atoms with Gasteiger partial charge in [-0.1, -0.05) is 26.3 Å². The zero-order valence-electron chi connectivity index (χ0n) is 12.5. The van der Waals surface area contributed by atoms with Gasteiger partial charge in [0, 0.05) is 25.3 Å². The number of nitrogens with zero attached hydrogens (tertiary/aromatic N) is 2. The lowest BCUT2D eigenvalue weighted by Gasteiger charge is -2.37. The fourth-order valence-electron chi connectivity index (χ4n) is 2.94. The lowest BCUT2D eigenvalue weighted by Crippen LogP contribution is -2.36. The molecule has 1 aliphatic rings. The lowest BCUT2D eigenvalue weighted by atomic mass is 9.95. The number of anilines is 1. The summed E-state index contributed by atoms with van der Waals surface area (Å²) in [5.74, 6) is 1.71. The second-order valence-corrected chi connectivity index (χ2v) is 5.91. The van der Waals surface area contributed by atoms with Crippen molar-refractivity contribution in [2.75, 3.05) is 25.0 Å². The molecule has 1 aliphatic heterocycles. The molecule has 1 atom stereocenters. The number of pyridine rings is 1. The summed E-state index contributed by atoms with van der Waals surface area (Å²) in [6.45, 7) is 10.1. The largest absolute Gasteiger partial charge is 0.370 e. The van der Waals surface area contributed by atoms with Crippen molar-refractivity contribution >= 4 is 5.82 Å². The highest BCUT2D eigenvalue weighted by Gasteiger charge is 2.24. The van der Waals surface area contributed by atoms with Gasteiger partial charge in [0.25, 0.3) is 0 Å². The van der Waals surface area contributed by atoms with E-state index in [0.29, 0.717) is 6.04 Å². The van der Waals surface area contributed by atoms with Crippen molar-refractivity contribution < 1.29 is 0 Å². The van der Waals surface area contributed by atoms with Crippen LogP contribution in [0.4, 0.5) is 5.82 Å². The molecule has 2 rings (SSSR count). The normalized spacial score (nSPS) is 20.7. The van der Waals surface area contributed by atoms with E-state index in [2.05, 4.69) is 54.3 Å². The van der Waals surface area contributed by atoms with Crippen LogP contribution in [0.25, 0.3) is 0 Å². The summed E-state index contributed by atoms with van der Waals surface area (Å²) in [5.41, 5.74) is 1.38. The van der Waals surface area contributed by atoms with Gasteiger partial charge in [0.2, 0.25) is 0 Å². The Balaban J connectivity index is 2.08. The zero-order valence-corrected chi connectivity index (χ0v) is 12.5. The predicted octanol–water partition coefficient (Wildman–Crippen LogP) is 3.70. The van der Waals surface area contributed by atoms with E-state index < -0.39 is 0 Å². The van der Waals surface area contributed by atoms with Crippen molar-refractivity contribution in [2.45, 2.75) is 46.1 Å². The number of likely N-dealkylation sites (tertiary alicyclic amines) is 1. The standard InChI is InChI=1S/C16H27N3/c1-4-17-16-9-8-14(11-18-16)15-7-5-6-10-19(15)12-13(2)3/h8-9,11,13,15H,4-7,10,12H2,1-3H3,(H,17,18)/t15-/m1/s1. The summed E-state index contributed by atoms with van der Waals surface area (Å²) >= 11 is 0. The molecular weight excluding hydrogens is 234 g/mol. The van der Waals surface area contributed by atoms with E-state index in [1.165, 1.54) is 37.9 Å². The Labute approximate surface area is 117 Å². The monoisotopic (exact) mass is 261 g/mol. The van der Waals surface area contributed by atoms with Gasteiger partial charge in [0.1, 0.15) is 5.82 Å². The number of hydrogen-bond donors (Lipinski definition) is 1. The Bertz CT molecular complexity index is 372. The molecule has 3 heteroatoms. The number of rotatable bonds is 5. The maximum Gasteiger partial charge on any atom is 0.125 e. The highest BCUT2D eigenvalue weighted by Crippen LogP contribution is 2.31. The quantitative estimate of drug-likeness (QED) is 0.876. The predicted molar refractivity (Wildman–Crippen MR) is 81.4 cm³/mol. The van der Waals surface area contributed by atoms with Gasteiger partial charge < -0.3 is 5.32 Å². The molecule has 3 nitrogen and oxygen atoms in total. The molecule has 0 unspecified atom stereocenters. The summed E-state index contributed by atoms with van der Waals surface area (Å²) in [6, 6.07) is 4.93. The van der Waals surface area contributed by atoms with Gasteiger partial charge in [0.15, 0.2) is 0 Å².